The largest absolute Gasteiger partial charge is 0.348 e. The zero-order valence-electron chi connectivity index (χ0n) is 19.0. The second kappa shape index (κ2) is 9.44. The number of nitrogens with one attached hydrogen (secondary N) is 1. The lowest BCUT2D eigenvalue weighted by molar-refractivity contribution is 0.0952. The molecule has 2 aromatic carbocycles. The molecule has 34 heavy (non-hydrogen) atoms. The number of aryl methyl sites for hydroxylation is 1. The molecule has 0 radical (unpaired) electrons. The number of benzene rings is 2. The van der Waals surface area contributed by atoms with Gasteiger partial charge in [0.15, 0.2) is 5.65 Å². The van der Waals surface area contributed by atoms with Gasteiger partial charge in [-0.05, 0) is 24.1 Å². The Labute approximate surface area is 202 Å². The van der Waals surface area contributed by atoms with Gasteiger partial charge in [0.25, 0.3) is 11.5 Å². The van der Waals surface area contributed by atoms with Crippen LogP contribution < -0.4 is 10.9 Å². The molecule has 1 N–H and O–H groups in total. The molecule has 1 aliphatic heterocycles. The van der Waals surface area contributed by atoms with Crippen LogP contribution in [-0.4, -0.2) is 31.5 Å². The Morgan fingerprint density at radius 1 is 1.12 bits per heavy atom. The Kier molecular flexibility index (Phi) is 6.22. The normalized spacial score (nSPS) is 13.7. The monoisotopic (exact) mass is 475 g/mol. The quantitative estimate of drug-likeness (QED) is 0.462. The first-order valence-corrected chi connectivity index (χ1v) is 11.8. The maximum atomic E-state index is 13.4. The summed E-state index contributed by atoms with van der Waals surface area (Å²) in [5.41, 5.74) is 4.57. The zero-order chi connectivity index (χ0) is 23.7. The van der Waals surface area contributed by atoms with Crippen LogP contribution in [0.1, 0.15) is 39.7 Å². The third-order valence-corrected chi connectivity index (χ3v) is 6.75. The van der Waals surface area contributed by atoms with Crippen molar-refractivity contribution in [3.63, 3.8) is 0 Å². The maximum absolute atomic E-state index is 13.4. The Bertz CT molecular complexity index is 1410. The molecule has 174 valence electrons. The second-order valence-electron chi connectivity index (χ2n) is 8.49. The van der Waals surface area contributed by atoms with Crippen molar-refractivity contribution in [2.24, 2.45) is 0 Å². The van der Waals surface area contributed by atoms with E-state index < -0.39 is 0 Å². The summed E-state index contributed by atoms with van der Waals surface area (Å²) in [6, 6.07) is 17.7. The van der Waals surface area contributed by atoms with Crippen molar-refractivity contribution in [3.8, 4) is 0 Å². The van der Waals surface area contributed by atoms with Crippen LogP contribution in [0.4, 0.5) is 0 Å². The summed E-state index contributed by atoms with van der Waals surface area (Å²) in [7, 11) is 0. The highest BCUT2D eigenvalue weighted by Crippen LogP contribution is 2.22. The summed E-state index contributed by atoms with van der Waals surface area (Å²) in [6.07, 6.45) is 2.23. The van der Waals surface area contributed by atoms with Crippen LogP contribution in [0.25, 0.3) is 5.65 Å². The number of hydrogen-bond acceptors (Lipinski definition) is 4. The molecule has 4 aromatic rings. The number of fused-ring (bicyclic) bond motifs is 2. The molecule has 8 heteroatoms. The van der Waals surface area contributed by atoms with Crippen molar-refractivity contribution in [2.75, 3.05) is 6.54 Å². The van der Waals surface area contributed by atoms with E-state index in [9.17, 15) is 9.59 Å². The number of amides is 1. The van der Waals surface area contributed by atoms with E-state index in [1.165, 1.54) is 16.3 Å². The summed E-state index contributed by atoms with van der Waals surface area (Å²) >= 11 is 6.22. The molecule has 0 spiro atoms. The van der Waals surface area contributed by atoms with Gasteiger partial charge in [0.2, 0.25) is 0 Å². The lowest BCUT2D eigenvalue weighted by Gasteiger charge is -2.30. The average molecular weight is 476 g/mol. The minimum absolute atomic E-state index is 0.155. The van der Waals surface area contributed by atoms with Crippen molar-refractivity contribution in [2.45, 2.75) is 39.5 Å². The highest BCUT2D eigenvalue weighted by Gasteiger charge is 2.27. The van der Waals surface area contributed by atoms with E-state index in [1.54, 1.807) is 6.07 Å². The minimum atomic E-state index is -0.280. The number of aromatic nitrogens is 3. The third-order valence-electron chi connectivity index (χ3n) is 6.38. The molecule has 0 atom stereocenters. The molecule has 0 fully saturated rings. The van der Waals surface area contributed by atoms with Crippen molar-refractivity contribution >= 4 is 23.2 Å². The molecule has 0 unspecified atom stereocenters. The SMILES string of the molecule is CCn1c2c(c(=O)n3ncc(C(=O)NCc4ccccc4Cl)c13)CN(Cc1ccccc1)CC2. The van der Waals surface area contributed by atoms with E-state index in [0.717, 1.165) is 36.3 Å². The smallest absolute Gasteiger partial charge is 0.279 e. The predicted octanol–water partition coefficient (Wildman–Crippen LogP) is 3.66. The fraction of sp³-hybridized carbons (Fsp3) is 0.269. The molecule has 0 aliphatic carbocycles. The first-order chi connectivity index (χ1) is 16.6. The van der Waals surface area contributed by atoms with Crippen LogP contribution in [0.2, 0.25) is 5.02 Å². The maximum Gasteiger partial charge on any atom is 0.279 e. The molecule has 1 aliphatic rings. The first-order valence-electron chi connectivity index (χ1n) is 11.5. The van der Waals surface area contributed by atoms with Gasteiger partial charge >= 0.3 is 0 Å². The molecule has 5 rings (SSSR count). The van der Waals surface area contributed by atoms with Gasteiger partial charge in [-0.25, -0.2) is 0 Å². The summed E-state index contributed by atoms with van der Waals surface area (Å²) < 4.78 is 3.44. The number of halogens is 1. The van der Waals surface area contributed by atoms with E-state index >= 15 is 0 Å². The van der Waals surface area contributed by atoms with Gasteiger partial charge in [-0.1, -0.05) is 60.1 Å². The standard InChI is InChI=1S/C26H26ClN5O2/c1-2-31-23-12-13-30(16-18-8-4-3-5-9-18)17-21(23)26(34)32-25(31)20(15-29-32)24(33)28-14-19-10-6-7-11-22(19)27/h3-11,15H,2,12-14,16-17H2,1H3,(H,28,33). The van der Waals surface area contributed by atoms with Gasteiger partial charge in [0, 0.05) is 49.9 Å². The number of carbonyl (C=O) groups is 1. The Hall–Kier alpha value is -3.42. The van der Waals surface area contributed by atoms with Gasteiger partial charge in [-0.15, -0.1) is 0 Å². The molecule has 0 bridgehead atoms. The van der Waals surface area contributed by atoms with Gasteiger partial charge in [-0.3, -0.25) is 14.5 Å². The summed E-state index contributed by atoms with van der Waals surface area (Å²) in [5, 5.41) is 7.83. The topological polar surface area (TPSA) is 71.6 Å². The van der Waals surface area contributed by atoms with E-state index in [-0.39, 0.29) is 11.5 Å². The van der Waals surface area contributed by atoms with Gasteiger partial charge in [0.05, 0.1) is 11.8 Å². The van der Waals surface area contributed by atoms with E-state index in [1.807, 2.05) is 43.3 Å². The van der Waals surface area contributed by atoms with E-state index in [2.05, 4.69) is 32.0 Å². The average Bonchev–Trinajstić information content (AvgIpc) is 3.30. The molecule has 0 saturated carbocycles. The Balaban J connectivity index is 1.46. The fourth-order valence-electron chi connectivity index (χ4n) is 4.69. The van der Waals surface area contributed by atoms with Crippen LogP contribution in [0, 0.1) is 0 Å². The Morgan fingerprint density at radius 3 is 2.65 bits per heavy atom. The van der Waals surface area contributed by atoms with Crippen molar-refractivity contribution in [1.29, 1.82) is 0 Å². The van der Waals surface area contributed by atoms with Crippen molar-refractivity contribution < 1.29 is 4.79 Å². The highest BCUT2D eigenvalue weighted by atomic mass is 35.5. The molecule has 2 aromatic heterocycles. The number of rotatable bonds is 6. The van der Waals surface area contributed by atoms with Crippen LogP contribution in [0.15, 0.2) is 65.6 Å². The van der Waals surface area contributed by atoms with Crippen molar-refractivity contribution in [3.05, 3.63) is 104 Å². The lowest BCUT2D eigenvalue weighted by atomic mass is 10.0. The summed E-state index contributed by atoms with van der Waals surface area (Å²) in [6.45, 7) is 5.16. The van der Waals surface area contributed by atoms with Gasteiger partial charge < -0.3 is 9.88 Å². The number of hydrogen-bond donors (Lipinski definition) is 1. The zero-order valence-corrected chi connectivity index (χ0v) is 19.8. The second-order valence-corrected chi connectivity index (χ2v) is 8.90. The van der Waals surface area contributed by atoms with Gasteiger partial charge in [0.1, 0.15) is 5.56 Å². The lowest BCUT2D eigenvalue weighted by Crippen LogP contribution is -2.38. The van der Waals surface area contributed by atoms with Crippen LogP contribution in [-0.2, 0) is 32.6 Å². The molecular weight excluding hydrogens is 450 g/mol. The highest BCUT2D eigenvalue weighted by molar-refractivity contribution is 6.31. The number of nitrogens with zero attached hydrogens (tertiary/aromatic N) is 4. The van der Waals surface area contributed by atoms with Gasteiger partial charge in [-0.2, -0.15) is 9.61 Å². The van der Waals surface area contributed by atoms with E-state index in [0.29, 0.717) is 35.9 Å². The van der Waals surface area contributed by atoms with E-state index in [4.69, 9.17) is 11.6 Å². The first kappa shape index (κ1) is 22.4. The molecule has 1 amide bonds. The van der Waals surface area contributed by atoms with Crippen LogP contribution in [0.3, 0.4) is 0 Å². The molecular formula is C26H26ClN5O2. The van der Waals surface area contributed by atoms with Crippen LogP contribution in [0.5, 0.6) is 0 Å². The van der Waals surface area contributed by atoms with Crippen molar-refractivity contribution in [1.82, 2.24) is 24.4 Å². The molecule has 3 heterocycles. The predicted molar refractivity (Wildman–Crippen MR) is 132 cm³/mol. The molecule has 0 saturated heterocycles. The number of carbonyl (C=O) groups excluding carboxylic acids is 1. The fourth-order valence-corrected chi connectivity index (χ4v) is 4.90. The molecule has 7 nitrogen and oxygen atoms in total. The summed E-state index contributed by atoms with van der Waals surface area (Å²) in [5.74, 6) is -0.280. The minimum Gasteiger partial charge on any atom is -0.348 e. The summed E-state index contributed by atoms with van der Waals surface area (Å²) in [4.78, 5) is 28.8. The third kappa shape index (κ3) is 4.13. The Morgan fingerprint density at radius 2 is 1.88 bits per heavy atom. The van der Waals surface area contributed by atoms with Crippen LogP contribution >= 0.6 is 11.6 Å².